The first-order valence-electron chi connectivity index (χ1n) is 16.2. The minimum atomic E-state index is -0.445. The van der Waals surface area contributed by atoms with Gasteiger partial charge in [0.25, 0.3) is 0 Å². The topological polar surface area (TPSA) is 53.5 Å². The van der Waals surface area contributed by atoms with E-state index < -0.39 is 7.12 Å². The molecule has 0 amide bonds. The summed E-state index contributed by atoms with van der Waals surface area (Å²) >= 11 is 0. The van der Waals surface area contributed by atoms with Gasteiger partial charge in [-0.1, -0.05) is 53.1 Å². The van der Waals surface area contributed by atoms with Gasteiger partial charge in [0.1, 0.15) is 0 Å². The van der Waals surface area contributed by atoms with E-state index in [9.17, 15) is 0 Å². The van der Waals surface area contributed by atoms with Crippen molar-refractivity contribution in [2.24, 2.45) is 0 Å². The van der Waals surface area contributed by atoms with Crippen LogP contribution in [0.15, 0.2) is 54.6 Å². The Morgan fingerprint density at radius 1 is 0.348 bits per heavy atom. The van der Waals surface area contributed by atoms with E-state index in [4.69, 9.17) is 15.3 Å². The van der Waals surface area contributed by atoms with E-state index in [0.29, 0.717) is 0 Å². The molecule has 0 aliphatic heterocycles. The third-order valence-electron chi connectivity index (χ3n) is 9.22. The maximum Gasteiger partial charge on any atom is 0.569 e. The second kappa shape index (κ2) is 11.6. The van der Waals surface area contributed by atoms with Crippen molar-refractivity contribution in [1.29, 1.82) is 0 Å². The molecule has 0 radical (unpaired) electrons. The van der Waals surface area contributed by atoms with Crippen LogP contribution in [0.4, 0.5) is 0 Å². The predicted octanol–water partition coefficient (Wildman–Crippen LogP) is 8.91. The Kier molecular flexibility index (Phi) is 7.91. The van der Waals surface area contributed by atoms with Crippen molar-refractivity contribution in [3.05, 3.63) is 122 Å². The van der Waals surface area contributed by atoms with Crippen LogP contribution in [0.5, 0.6) is 0 Å². The van der Waals surface area contributed by atoms with Gasteiger partial charge in [-0.05, 0) is 135 Å². The number of rotatable bonds is 6. The van der Waals surface area contributed by atoms with Crippen LogP contribution in [-0.2, 0) is 0 Å². The lowest BCUT2D eigenvalue weighted by Crippen LogP contribution is -2.45. The fourth-order valence-corrected chi connectivity index (χ4v) is 7.59. The molecule has 0 aliphatic rings. The van der Waals surface area contributed by atoms with Crippen LogP contribution in [0.1, 0.15) is 67.2 Å². The Bertz CT molecular complexity index is 1830. The summed E-state index contributed by atoms with van der Waals surface area (Å²) in [5, 5.41) is 16.0. The van der Waals surface area contributed by atoms with Crippen LogP contribution in [0.2, 0.25) is 0 Å². The smallest absolute Gasteiger partial charge is 0.265 e. The Morgan fingerprint density at radius 2 is 0.565 bits per heavy atom. The lowest BCUT2D eigenvalue weighted by Gasteiger charge is -2.19. The number of benzene rings is 3. The van der Waals surface area contributed by atoms with Gasteiger partial charge in [0.15, 0.2) is 0 Å². The van der Waals surface area contributed by atoms with Gasteiger partial charge in [0.05, 0.1) is 17.1 Å². The molecule has 0 saturated heterocycles. The summed E-state index contributed by atoms with van der Waals surface area (Å²) in [4.78, 5) is 0. The molecule has 6 rings (SSSR count). The molecule has 3 aromatic carbocycles. The first-order chi connectivity index (χ1) is 21.7. The normalized spacial score (nSPS) is 11.5. The molecule has 0 atom stereocenters. The second-order valence-corrected chi connectivity index (χ2v) is 13.5. The average molecular weight is 609 g/mol. The molecule has 6 nitrogen and oxygen atoms in total. The Labute approximate surface area is 274 Å². The van der Waals surface area contributed by atoms with Crippen LogP contribution in [0, 0.1) is 83.1 Å². The van der Waals surface area contributed by atoms with E-state index in [1.54, 1.807) is 0 Å². The fourth-order valence-electron chi connectivity index (χ4n) is 7.59. The van der Waals surface area contributed by atoms with Crippen LogP contribution >= 0.6 is 0 Å². The first-order valence-corrected chi connectivity index (χ1v) is 16.2. The number of aryl methyl sites for hydroxylation is 12. The van der Waals surface area contributed by atoms with Gasteiger partial charge in [-0.2, -0.15) is 15.3 Å². The molecule has 0 fully saturated rings. The highest BCUT2D eigenvalue weighted by atomic mass is 15.5. The molecule has 7 heteroatoms. The van der Waals surface area contributed by atoms with Crippen LogP contribution in [0.25, 0.3) is 33.8 Å². The molecule has 234 valence electrons. The summed E-state index contributed by atoms with van der Waals surface area (Å²) in [6.45, 7) is 25.9. The van der Waals surface area contributed by atoms with E-state index in [2.05, 4.69) is 151 Å². The predicted molar refractivity (Wildman–Crippen MR) is 192 cm³/mol. The molecule has 0 bridgehead atoms. The van der Waals surface area contributed by atoms with E-state index in [-0.39, 0.29) is 0 Å². The van der Waals surface area contributed by atoms with Crippen LogP contribution in [-0.4, -0.2) is 36.2 Å². The molecule has 6 aromatic rings. The van der Waals surface area contributed by atoms with Crippen molar-refractivity contribution in [3.8, 4) is 33.8 Å². The summed E-state index contributed by atoms with van der Waals surface area (Å²) < 4.78 is 6.27. The molecule has 0 unspecified atom stereocenters. The van der Waals surface area contributed by atoms with Crippen molar-refractivity contribution in [1.82, 2.24) is 29.1 Å². The molecule has 3 heterocycles. The Hall–Kier alpha value is -4.65. The van der Waals surface area contributed by atoms with Crippen molar-refractivity contribution >= 4 is 7.12 Å². The third kappa shape index (κ3) is 5.42. The Balaban J connectivity index is 1.59. The summed E-state index contributed by atoms with van der Waals surface area (Å²) in [5.41, 5.74) is 20.7. The molecule has 3 aromatic heterocycles. The van der Waals surface area contributed by atoms with E-state index in [0.717, 1.165) is 34.2 Å². The summed E-state index contributed by atoms with van der Waals surface area (Å²) in [7, 11) is -0.445. The maximum absolute atomic E-state index is 5.32. The standard InChI is InChI=1S/C39H45BN6/c1-22-13-25(4)37(26(5)14-22)34-19-31(10)44(41-34)40(45-32(11)20-35(42-45)38-27(6)15-23(2)16-28(38)7)46-33(12)21-36(43-46)39-29(8)17-24(3)18-30(39)9/h13-21H,1-12H3. The van der Waals surface area contributed by atoms with Gasteiger partial charge >= 0.3 is 7.12 Å². The second-order valence-electron chi connectivity index (χ2n) is 13.5. The number of nitrogens with zero attached hydrogens (tertiary/aromatic N) is 6. The van der Waals surface area contributed by atoms with Crippen molar-refractivity contribution in [2.45, 2.75) is 83.1 Å². The van der Waals surface area contributed by atoms with Crippen molar-refractivity contribution in [2.75, 3.05) is 0 Å². The minimum absolute atomic E-state index is 0.445. The molecule has 0 aliphatic carbocycles. The fraction of sp³-hybridized carbons (Fsp3) is 0.308. The lowest BCUT2D eigenvalue weighted by atomic mass is 9.93. The first kappa shape index (κ1) is 31.3. The molecule has 0 spiro atoms. The number of aromatic nitrogens is 6. The molecular formula is C39H45BN6. The largest absolute Gasteiger partial charge is 0.569 e. The maximum atomic E-state index is 5.32. The summed E-state index contributed by atoms with van der Waals surface area (Å²) in [5.74, 6) is 0. The highest BCUT2D eigenvalue weighted by Gasteiger charge is 2.34. The van der Waals surface area contributed by atoms with Gasteiger partial charge in [0, 0.05) is 33.8 Å². The summed E-state index contributed by atoms with van der Waals surface area (Å²) in [6.07, 6.45) is 0. The molecule has 0 saturated carbocycles. The van der Waals surface area contributed by atoms with Gasteiger partial charge in [-0.25, -0.2) is 0 Å². The highest BCUT2D eigenvalue weighted by molar-refractivity contribution is 6.53. The SMILES string of the molecule is Cc1cc(C)c(-c2cc(C)n(B(n3nc(-c4c(C)cc(C)cc4C)cc3C)n3nc(-c4c(C)cc(C)cc4C)cc3C)n2)c(C)c1. The zero-order valence-corrected chi connectivity index (χ0v) is 29.5. The highest BCUT2D eigenvalue weighted by Crippen LogP contribution is 2.32. The van der Waals surface area contributed by atoms with Gasteiger partial charge in [-0.3, -0.25) is 13.8 Å². The quantitative estimate of drug-likeness (QED) is 0.178. The lowest BCUT2D eigenvalue weighted by molar-refractivity contribution is 0.743. The van der Waals surface area contributed by atoms with Crippen molar-refractivity contribution in [3.63, 3.8) is 0 Å². The van der Waals surface area contributed by atoms with E-state index in [1.807, 2.05) is 0 Å². The Morgan fingerprint density at radius 3 is 0.783 bits per heavy atom. The van der Waals surface area contributed by atoms with Crippen LogP contribution in [0.3, 0.4) is 0 Å². The van der Waals surface area contributed by atoms with Crippen molar-refractivity contribution < 1.29 is 0 Å². The van der Waals surface area contributed by atoms with Crippen LogP contribution < -0.4 is 0 Å². The van der Waals surface area contributed by atoms with Gasteiger partial charge in [0.2, 0.25) is 0 Å². The molecule has 0 N–H and O–H groups in total. The third-order valence-corrected chi connectivity index (χ3v) is 9.22. The number of hydrogen-bond donors (Lipinski definition) is 0. The number of hydrogen-bond acceptors (Lipinski definition) is 3. The van der Waals surface area contributed by atoms with Gasteiger partial charge in [-0.15, -0.1) is 0 Å². The summed E-state index contributed by atoms with van der Waals surface area (Å²) in [6, 6.07) is 20.0. The average Bonchev–Trinajstić information content (AvgIpc) is 3.60. The zero-order chi connectivity index (χ0) is 33.2. The zero-order valence-electron chi connectivity index (χ0n) is 29.5. The van der Waals surface area contributed by atoms with Gasteiger partial charge < -0.3 is 0 Å². The minimum Gasteiger partial charge on any atom is -0.265 e. The van der Waals surface area contributed by atoms with E-state index >= 15 is 0 Å². The van der Waals surface area contributed by atoms with E-state index in [1.165, 1.54) is 66.8 Å². The monoisotopic (exact) mass is 608 g/mol. The molecular weight excluding hydrogens is 563 g/mol. The molecule has 46 heavy (non-hydrogen) atoms.